The molecule has 4 aromatic rings. The summed E-state index contributed by atoms with van der Waals surface area (Å²) >= 11 is 6.07. The lowest BCUT2D eigenvalue weighted by Gasteiger charge is -2.05. The predicted molar refractivity (Wildman–Crippen MR) is 93.6 cm³/mol. The molecule has 0 unspecified atom stereocenters. The summed E-state index contributed by atoms with van der Waals surface area (Å²) in [5.74, 6) is 0.194. The predicted octanol–water partition coefficient (Wildman–Crippen LogP) is 3.40. The second-order valence-corrected chi connectivity index (χ2v) is 5.79. The Balaban J connectivity index is 2.08. The van der Waals surface area contributed by atoms with Gasteiger partial charge in [-0.25, -0.2) is 19.5 Å². The highest BCUT2D eigenvalue weighted by Crippen LogP contribution is 2.32. The Hall–Kier alpha value is -2.99. The molecule has 6 nitrogen and oxygen atoms in total. The summed E-state index contributed by atoms with van der Waals surface area (Å²) in [7, 11) is 0. The van der Waals surface area contributed by atoms with Gasteiger partial charge in [0.2, 0.25) is 5.95 Å². The van der Waals surface area contributed by atoms with E-state index in [0.29, 0.717) is 16.5 Å². The summed E-state index contributed by atoms with van der Waals surface area (Å²) in [4.78, 5) is 13.0. The fourth-order valence-electron chi connectivity index (χ4n) is 2.64. The van der Waals surface area contributed by atoms with Crippen molar-refractivity contribution in [2.24, 2.45) is 0 Å². The number of aromatic nitrogens is 5. The van der Waals surface area contributed by atoms with Crippen LogP contribution in [0.1, 0.15) is 5.56 Å². The van der Waals surface area contributed by atoms with Gasteiger partial charge < -0.3 is 5.73 Å². The van der Waals surface area contributed by atoms with Crippen LogP contribution >= 0.6 is 11.6 Å². The van der Waals surface area contributed by atoms with Crippen LogP contribution in [-0.2, 0) is 0 Å². The molecule has 0 radical (unpaired) electrons. The average molecular weight is 337 g/mol. The van der Waals surface area contributed by atoms with Crippen molar-refractivity contribution in [1.29, 1.82) is 0 Å². The van der Waals surface area contributed by atoms with E-state index in [9.17, 15) is 0 Å². The Labute approximate surface area is 143 Å². The van der Waals surface area contributed by atoms with E-state index in [1.807, 2.05) is 31.2 Å². The first-order chi connectivity index (χ1) is 11.6. The lowest BCUT2D eigenvalue weighted by molar-refractivity contribution is 0.937. The third kappa shape index (κ3) is 2.47. The molecule has 0 saturated carbocycles. The zero-order valence-electron chi connectivity index (χ0n) is 12.8. The van der Waals surface area contributed by atoms with Crippen molar-refractivity contribution in [1.82, 2.24) is 24.6 Å². The molecule has 0 aliphatic heterocycles. The molecule has 0 atom stereocenters. The first-order valence-corrected chi connectivity index (χ1v) is 7.71. The summed E-state index contributed by atoms with van der Waals surface area (Å²) in [5, 5.41) is 4.74. The van der Waals surface area contributed by atoms with Crippen LogP contribution in [0.3, 0.4) is 0 Å². The maximum absolute atomic E-state index is 6.07. The van der Waals surface area contributed by atoms with Crippen molar-refractivity contribution >= 4 is 23.2 Å². The second-order valence-electron chi connectivity index (χ2n) is 5.40. The van der Waals surface area contributed by atoms with Gasteiger partial charge in [0.1, 0.15) is 16.5 Å². The van der Waals surface area contributed by atoms with E-state index in [2.05, 4.69) is 21.1 Å². The highest BCUT2D eigenvalue weighted by Gasteiger charge is 2.18. The summed E-state index contributed by atoms with van der Waals surface area (Å²) in [5.41, 5.74) is 10.7. The number of hydrogen-bond acceptors (Lipinski definition) is 5. The van der Waals surface area contributed by atoms with Crippen molar-refractivity contribution in [2.45, 2.75) is 6.92 Å². The number of rotatable bonds is 2. The molecule has 7 heteroatoms. The van der Waals surface area contributed by atoms with Gasteiger partial charge in [-0.05, 0) is 31.2 Å². The number of anilines is 1. The molecule has 0 bridgehead atoms. The van der Waals surface area contributed by atoms with Crippen molar-refractivity contribution in [3.05, 3.63) is 59.4 Å². The minimum absolute atomic E-state index is 0.194. The molecule has 0 aliphatic carbocycles. The van der Waals surface area contributed by atoms with Crippen LogP contribution in [0.15, 0.2) is 48.7 Å². The Kier molecular flexibility index (Phi) is 3.39. The standard InChI is InChI=1S/C17H13ClN6/c1-10-3-2-4-11(9-10)15-16(12-7-8-20-17(19)21-12)24-14(22-15)6-5-13(18)23-24/h2-9H,1H3,(H2,19,20,21). The van der Waals surface area contributed by atoms with Crippen molar-refractivity contribution in [3.8, 4) is 22.6 Å². The molecule has 0 spiro atoms. The molecular formula is C17H13ClN6. The van der Waals surface area contributed by atoms with Crippen molar-refractivity contribution in [2.75, 3.05) is 5.73 Å². The maximum atomic E-state index is 6.07. The van der Waals surface area contributed by atoms with Gasteiger partial charge in [0, 0.05) is 11.8 Å². The maximum Gasteiger partial charge on any atom is 0.220 e. The monoisotopic (exact) mass is 336 g/mol. The minimum atomic E-state index is 0.194. The van der Waals surface area contributed by atoms with Crippen LogP contribution in [-0.4, -0.2) is 24.6 Å². The highest BCUT2D eigenvalue weighted by molar-refractivity contribution is 6.29. The lowest BCUT2D eigenvalue weighted by Crippen LogP contribution is -2.00. The van der Waals surface area contributed by atoms with E-state index in [-0.39, 0.29) is 5.95 Å². The first-order valence-electron chi connectivity index (χ1n) is 7.33. The number of hydrogen-bond donors (Lipinski definition) is 1. The number of imidazole rings is 1. The number of fused-ring (bicyclic) bond motifs is 1. The topological polar surface area (TPSA) is 82.0 Å². The summed E-state index contributed by atoms with van der Waals surface area (Å²) in [6.45, 7) is 2.04. The van der Waals surface area contributed by atoms with Crippen LogP contribution in [0, 0.1) is 6.92 Å². The van der Waals surface area contributed by atoms with Gasteiger partial charge in [0.25, 0.3) is 0 Å². The van der Waals surface area contributed by atoms with E-state index in [4.69, 9.17) is 22.3 Å². The van der Waals surface area contributed by atoms with Gasteiger partial charge >= 0.3 is 0 Å². The van der Waals surface area contributed by atoms with Crippen LogP contribution < -0.4 is 5.73 Å². The Bertz CT molecular complexity index is 1060. The molecule has 0 amide bonds. The van der Waals surface area contributed by atoms with E-state index < -0.39 is 0 Å². The van der Waals surface area contributed by atoms with E-state index in [1.54, 1.807) is 22.8 Å². The third-order valence-electron chi connectivity index (χ3n) is 3.65. The molecule has 3 aromatic heterocycles. The number of halogens is 1. The van der Waals surface area contributed by atoms with Crippen LogP contribution in [0.25, 0.3) is 28.3 Å². The van der Waals surface area contributed by atoms with Gasteiger partial charge in [0.15, 0.2) is 5.65 Å². The first kappa shape index (κ1) is 14.6. The molecule has 4 rings (SSSR count). The number of benzene rings is 1. The van der Waals surface area contributed by atoms with Crippen LogP contribution in [0.4, 0.5) is 5.95 Å². The van der Waals surface area contributed by atoms with Crippen LogP contribution in [0.5, 0.6) is 0 Å². The Morgan fingerprint density at radius 1 is 1.08 bits per heavy atom. The largest absolute Gasteiger partial charge is 0.368 e. The number of nitrogens with zero attached hydrogens (tertiary/aromatic N) is 5. The fraction of sp³-hybridized carbons (Fsp3) is 0.0588. The second kappa shape index (κ2) is 5.58. The van der Waals surface area contributed by atoms with Gasteiger partial charge in [-0.15, -0.1) is 0 Å². The number of nitrogens with two attached hydrogens (primary N) is 1. The fourth-order valence-corrected chi connectivity index (χ4v) is 2.78. The molecular weight excluding hydrogens is 324 g/mol. The highest BCUT2D eigenvalue weighted by atomic mass is 35.5. The van der Waals surface area contributed by atoms with Crippen molar-refractivity contribution in [3.63, 3.8) is 0 Å². The molecule has 0 saturated heterocycles. The van der Waals surface area contributed by atoms with Gasteiger partial charge in [-0.3, -0.25) is 0 Å². The molecule has 0 fully saturated rings. The quantitative estimate of drug-likeness (QED) is 0.606. The van der Waals surface area contributed by atoms with Crippen LogP contribution in [0.2, 0.25) is 5.15 Å². The average Bonchev–Trinajstić information content (AvgIpc) is 2.93. The summed E-state index contributed by atoms with van der Waals surface area (Å²) < 4.78 is 1.68. The molecule has 24 heavy (non-hydrogen) atoms. The van der Waals surface area contributed by atoms with E-state index in [1.165, 1.54) is 0 Å². The Morgan fingerprint density at radius 2 is 1.96 bits per heavy atom. The Morgan fingerprint density at radius 3 is 2.75 bits per heavy atom. The van der Waals surface area contributed by atoms with Crippen molar-refractivity contribution < 1.29 is 0 Å². The zero-order valence-corrected chi connectivity index (χ0v) is 13.6. The summed E-state index contributed by atoms with van der Waals surface area (Å²) in [6, 6.07) is 13.4. The van der Waals surface area contributed by atoms with E-state index >= 15 is 0 Å². The third-order valence-corrected chi connectivity index (χ3v) is 3.85. The van der Waals surface area contributed by atoms with Gasteiger partial charge in [0.05, 0.1) is 5.69 Å². The van der Waals surface area contributed by atoms with E-state index in [0.717, 1.165) is 22.5 Å². The van der Waals surface area contributed by atoms with Gasteiger partial charge in [-0.1, -0.05) is 35.4 Å². The molecule has 0 aliphatic rings. The minimum Gasteiger partial charge on any atom is -0.368 e. The molecule has 1 aromatic carbocycles. The SMILES string of the molecule is Cc1cccc(-c2nc3ccc(Cl)nn3c2-c2ccnc(N)n2)c1. The number of aryl methyl sites for hydroxylation is 1. The normalized spacial score (nSPS) is 11.1. The van der Waals surface area contributed by atoms with Gasteiger partial charge in [-0.2, -0.15) is 5.10 Å². The number of nitrogen functional groups attached to an aromatic ring is 1. The molecule has 2 N–H and O–H groups in total. The smallest absolute Gasteiger partial charge is 0.220 e. The molecule has 3 heterocycles. The lowest BCUT2D eigenvalue weighted by atomic mass is 10.1. The summed E-state index contributed by atoms with van der Waals surface area (Å²) in [6.07, 6.45) is 1.61. The molecule has 118 valence electrons. The zero-order chi connectivity index (χ0) is 16.7.